The van der Waals surface area contributed by atoms with Crippen LogP contribution in [0, 0.1) is 0 Å². The Morgan fingerprint density at radius 3 is 2.29 bits per heavy atom. The molecule has 0 saturated heterocycles. The zero-order valence-electron chi connectivity index (χ0n) is 8.65. The fraction of sp³-hybridized carbons (Fsp3) is 0.200. The van der Waals surface area contributed by atoms with Gasteiger partial charge >= 0.3 is 12.1 Å². The van der Waals surface area contributed by atoms with Crippen molar-refractivity contribution in [2.24, 2.45) is 0 Å². The molecule has 0 amide bonds. The molecule has 0 aliphatic carbocycles. The third kappa shape index (κ3) is 2.60. The second-order valence-electron chi connectivity index (χ2n) is 3.15. The molecule has 0 fully saturated rings. The highest BCUT2D eigenvalue weighted by Gasteiger charge is 2.38. The molecule has 0 N–H and O–H groups in total. The Morgan fingerprint density at radius 2 is 1.82 bits per heavy atom. The highest BCUT2D eigenvalue weighted by Crippen LogP contribution is 2.29. The van der Waals surface area contributed by atoms with E-state index in [1.165, 1.54) is 11.8 Å². The van der Waals surface area contributed by atoms with Gasteiger partial charge in [0.1, 0.15) is 0 Å². The maximum Gasteiger partial charge on any atom is 0.471 e. The van der Waals surface area contributed by atoms with Crippen molar-refractivity contribution in [2.45, 2.75) is 11.1 Å². The number of hydrogen-bond acceptors (Lipinski definition) is 4. The maximum absolute atomic E-state index is 12.2. The molecular weight excluding hydrogens is 253 g/mol. The largest absolute Gasteiger partial charge is 0.471 e. The van der Waals surface area contributed by atoms with E-state index >= 15 is 0 Å². The first-order valence-electron chi connectivity index (χ1n) is 4.56. The second-order valence-corrected chi connectivity index (χ2v) is 4.03. The fourth-order valence-corrected chi connectivity index (χ4v) is 1.60. The van der Waals surface area contributed by atoms with Gasteiger partial charge in [0.05, 0.1) is 0 Å². The minimum atomic E-state index is -4.61. The molecule has 0 spiro atoms. The number of nitrogens with zero attached hydrogens (tertiary/aromatic N) is 2. The zero-order chi connectivity index (χ0) is 12.5. The van der Waals surface area contributed by atoms with E-state index in [1.807, 2.05) is 6.26 Å². The van der Waals surface area contributed by atoms with Gasteiger partial charge in [-0.15, -0.1) is 11.8 Å². The van der Waals surface area contributed by atoms with Crippen molar-refractivity contribution >= 4 is 11.8 Å². The van der Waals surface area contributed by atoms with E-state index in [2.05, 4.69) is 14.7 Å². The first-order valence-corrected chi connectivity index (χ1v) is 5.78. The summed E-state index contributed by atoms with van der Waals surface area (Å²) in [6, 6.07) is 6.86. The number of halogens is 3. The smallest absolute Gasteiger partial charge is 0.329 e. The van der Waals surface area contributed by atoms with Crippen LogP contribution in [0.4, 0.5) is 13.2 Å². The number of thioether (sulfide) groups is 1. The Bertz CT molecular complexity index is 507. The molecular formula is C10H7F3N2OS. The lowest BCUT2D eigenvalue weighted by molar-refractivity contribution is -0.159. The van der Waals surface area contributed by atoms with Crippen LogP contribution in [0.5, 0.6) is 0 Å². The molecule has 0 radical (unpaired) electrons. The van der Waals surface area contributed by atoms with Crippen molar-refractivity contribution < 1.29 is 17.7 Å². The van der Waals surface area contributed by atoms with Crippen LogP contribution < -0.4 is 0 Å². The quantitative estimate of drug-likeness (QED) is 0.775. The van der Waals surface area contributed by atoms with E-state index in [1.54, 1.807) is 24.3 Å². The zero-order valence-corrected chi connectivity index (χ0v) is 9.47. The summed E-state index contributed by atoms with van der Waals surface area (Å²) in [5, 5.41) is 3.30. The predicted molar refractivity (Wildman–Crippen MR) is 56.5 cm³/mol. The normalized spacial score (nSPS) is 11.8. The van der Waals surface area contributed by atoms with Crippen molar-refractivity contribution in [3.05, 3.63) is 30.2 Å². The molecule has 2 aromatic rings. The Morgan fingerprint density at radius 1 is 1.18 bits per heavy atom. The molecule has 1 aromatic carbocycles. The highest BCUT2D eigenvalue weighted by molar-refractivity contribution is 7.98. The summed E-state index contributed by atoms with van der Waals surface area (Å²) in [6.07, 6.45) is -2.70. The van der Waals surface area contributed by atoms with Crippen molar-refractivity contribution in [3.63, 3.8) is 0 Å². The van der Waals surface area contributed by atoms with Crippen LogP contribution in [0.2, 0.25) is 0 Å². The van der Waals surface area contributed by atoms with E-state index < -0.39 is 12.1 Å². The van der Waals surface area contributed by atoms with E-state index in [0.29, 0.717) is 5.56 Å². The maximum atomic E-state index is 12.2. The summed E-state index contributed by atoms with van der Waals surface area (Å²) in [7, 11) is 0. The van der Waals surface area contributed by atoms with Gasteiger partial charge < -0.3 is 4.52 Å². The Kier molecular flexibility index (Phi) is 3.10. The second kappa shape index (κ2) is 4.40. The Hall–Kier alpha value is -1.50. The summed E-state index contributed by atoms with van der Waals surface area (Å²) < 4.78 is 40.9. The van der Waals surface area contributed by atoms with Crippen LogP contribution in [-0.2, 0) is 6.18 Å². The molecule has 1 heterocycles. The fourth-order valence-electron chi connectivity index (χ4n) is 1.20. The lowest BCUT2D eigenvalue weighted by Crippen LogP contribution is -2.04. The standard InChI is InChI=1S/C10H7F3N2OS/c1-17-7-4-2-6(3-5-7)8-14-9(16-15-8)10(11,12)13/h2-5H,1H3. The lowest BCUT2D eigenvalue weighted by atomic mass is 10.2. The third-order valence-corrected chi connectivity index (χ3v) is 2.76. The molecule has 2 rings (SSSR count). The summed E-state index contributed by atoms with van der Waals surface area (Å²) in [4.78, 5) is 4.31. The van der Waals surface area contributed by atoms with Crippen LogP contribution >= 0.6 is 11.8 Å². The molecule has 3 nitrogen and oxygen atoms in total. The van der Waals surface area contributed by atoms with Gasteiger partial charge in [-0.25, -0.2) is 0 Å². The summed E-state index contributed by atoms with van der Waals surface area (Å²) in [5.41, 5.74) is 0.488. The molecule has 1 aromatic heterocycles. The van der Waals surface area contributed by atoms with Crippen LogP contribution in [0.1, 0.15) is 5.89 Å². The minimum absolute atomic E-state index is 0.0648. The van der Waals surface area contributed by atoms with Gasteiger partial charge in [-0.1, -0.05) is 5.16 Å². The minimum Gasteiger partial charge on any atom is -0.329 e. The predicted octanol–water partition coefficient (Wildman–Crippen LogP) is 3.48. The number of hydrogen-bond donors (Lipinski definition) is 0. The van der Waals surface area contributed by atoms with Crippen LogP contribution in [-0.4, -0.2) is 16.4 Å². The molecule has 7 heteroatoms. The number of benzene rings is 1. The molecule has 17 heavy (non-hydrogen) atoms. The Balaban J connectivity index is 2.30. The highest BCUT2D eigenvalue weighted by atomic mass is 32.2. The van der Waals surface area contributed by atoms with Crippen molar-refractivity contribution in [3.8, 4) is 11.4 Å². The van der Waals surface area contributed by atoms with Gasteiger partial charge in [0.15, 0.2) is 0 Å². The van der Waals surface area contributed by atoms with Crippen LogP contribution in [0.3, 0.4) is 0 Å². The lowest BCUT2D eigenvalue weighted by Gasteiger charge is -1.97. The van der Waals surface area contributed by atoms with Crippen LogP contribution in [0.15, 0.2) is 33.7 Å². The number of rotatable bonds is 2. The summed E-state index contributed by atoms with van der Waals surface area (Å²) in [5.74, 6) is -1.40. The van der Waals surface area contributed by atoms with Gasteiger partial charge in [-0.3, -0.25) is 0 Å². The van der Waals surface area contributed by atoms with E-state index in [4.69, 9.17) is 0 Å². The number of alkyl halides is 3. The van der Waals surface area contributed by atoms with Gasteiger partial charge in [-0.2, -0.15) is 18.2 Å². The van der Waals surface area contributed by atoms with Crippen molar-refractivity contribution in [2.75, 3.05) is 6.26 Å². The topological polar surface area (TPSA) is 38.9 Å². The molecule has 0 bridgehead atoms. The average Bonchev–Trinajstić information content (AvgIpc) is 2.78. The summed E-state index contributed by atoms with van der Waals surface area (Å²) in [6.45, 7) is 0. The average molecular weight is 260 g/mol. The SMILES string of the molecule is CSc1ccc(-c2noc(C(F)(F)F)n2)cc1. The molecule has 0 unspecified atom stereocenters. The van der Waals surface area contributed by atoms with Crippen LogP contribution in [0.25, 0.3) is 11.4 Å². The van der Waals surface area contributed by atoms with Gasteiger partial charge in [-0.05, 0) is 30.5 Å². The summed E-state index contributed by atoms with van der Waals surface area (Å²) >= 11 is 1.54. The molecule has 90 valence electrons. The molecule has 0 aliphatic rings. The van der Waals surface area contributed by atoms with E-state index in [-0.39, 0.29) is 5.82 Å². The Labute approximate surface area is 99.0 Å². The number of aromatic nitrogens is 2. The molecule has 0 atom stereocenters. The molecule has 0 saturated carbocycles. The first-order chi connectivity index (χ1) is 8.00. The first kappa shape index (κ1) is 12.0. The van der Waals surface area contributed by atoms with E-state index in [9.17, 15) is 13.2 Å². The third-order valence-electron chi connectivity index (χ3n) is 2.02. The van der Waals surface area contributed by atoms with Crippen molar-refractivity contribution in [1.29, 1.82) is 0 Å². The van der Waals surface area contributed by atoms with Gasteiger partial charge in [0.2, 0.25) is 5.82 Å². The van der Waals surface area contributed by atoms with Crippen molar-refractivity contribution in [1.82, 2.24) is 10.1 Å². The van der Waals surface area contributed by atoms with E-state index in [0.717, 1.165) is 4.90 Å². The van der Waals surface area contributed by atoms with Gasteiger partial charge in [0.25, 0.3) is 0 Å². The van der Waals surface area contributed by atoms with Gasteiger partial charge in [0, 0.05) is 10.5 Å². The molecule has 0 aliphatic heterocycles. The monoisotopic (exact) mass is 260 g/mol.